The summed E-state index contributed by atoms with van der Waals surface area (Å²) >= 11 is 0. The van der Waals surface area contributed by atoms with Crippen LogP contribution < -0.4 is 15.2 Å². The molecule has 0 radical (unpaired) electrons. The molecule has 5 nitrogen and oxygen atoms in total. The van der Waals surface area contributed by atoms with Crippen molar-refractivity contribution < 1.29 is 9.47 Å². The second-order valence-electron chi connectivity index (χ2n) is 7.38. The molecule has 140 valence electrons. The lowest BCUT2D eigenvalue weighted by Gasteiger charge is -2.38. The van der Waals surface area contributed by atoms with Crippen LogP contribution in [0.5, 0.6) is 11.5 Å². The van der Waals surface area contributed by atoms with Crippen LogP contribution in [-0.4, -0.2) is 37.2 Å². The summed E-state index contributed by atoms with van der Waals surface area (Å²) in [5.41, 5.74) is 9.36. The van der Waals surface area contributed by atoms with Crippen LogP contribution in [0.2, 0.25) is 0 Å². The highest BCUT2D eigenvalue weighted by Crippen LogP contribution is 2.41. The summed E-state index contributed by atoms with van der Waals surface area (Å²) in [7, 11) is 1.60. The molecule has 1 aliphatic heterocycles. The Morgan fingerprint density at radius 1 is 1.19 bits per heavy atom. The molecule has 0 aromatic heterocycles. The Labute approximate surface area is 160 Å². The van der Waals surface area contributed by atoms with Crippen molar-refractivity contribution in [3.63, 3.8) is 0 Å². The van der Waals surface area contributed by atoms with Gasteiger partial charge >= 0.3 is 0 Å². The van der Waals surface area contributed by atoms with E-state index in [-0.39, 0.29) is 18.2 Å². The average Bonchev–Trinajstić information content (AvgIpc) is 3.07. The number of piperidine rings is 1. The van der Waals surface area contributed by atoms with E-state index in [9.17, 15) is 0 Å². The Kier molecular flexibility index (Phi) is 5.02. The van der Waals surface area contributed by atoms with E-state index in [4.69, 9.17) is 20.5 Å². The maximum atomic E-state index is 9.14. The van der Waals surface area contributed by atoms with Gasteiger partial charge in [-0.3, -0.25) is 4.90 Å². The number of methoxy groups -OCH3 is 1. The first-order valence-electron chi connectivity index (χ1n) is 9.52. The maximum Gasteiger partial charge on any atom is 0.162 e. The molecule has 0 spiro atoms. The minimum absolute atomic E-state index is 0.0756. The molecule has 2 N–H and O–H groups in total. The molecule has 5 heteroatoms. The first kappa shape index (κ1) is 17.8. The van der Waals surface area contributed by atoms with Crippen LogP contribution in [0.25, 0.3) is 0 Å². The number of ether oxygens (including phenoxy) is 2. The SMILES string of the molecule is COc1cc(C#N)ccc1OC1c2ccccc2CC1N1CCCC(N)C1. The molecule has 0 amide bonds. The molecule has 1 aliphatic carbocycles. The molecular weight excluding hydrogens is 338 g/mol. The highest BCUT2D eigenvalue weighted by Gasteiger charge is 2.39. The first-order valence-corrected chi connectivity index (χ1v) is 9.52. The van der Waals surface area contributed by atoms with Crippen LogP contribution in [0, 0.1) is 11.3 Å². The van der Waals surface area contributed by atoms with Crippen molar-refractivity contribution in [2.75, 3.05) is 20.2 Å². The van der Waals surface area contributed by atoms with Gasteiger partial charge in [-0.15, -0.1) is 0 Å². The highest BCUT2D eigenvalue weighted by atomic mass is 16.5. The van der Waals surface area contributed by atoms with Crippen LogP contribution in [0.3, 0.4) is 0 Å². The quantitative estimate of drug-likeness (QED) is 0.904. The Morgan fingerprint density at radius 3 is 2.81 bits per heavy atom. The van der Waals surface area contributed by atoms with E-state index in [1.165, 1.54) is 11.1 Å². The number of likely N-dealkylation sites (tertiary alicyclic amines) is 1. The van der Waals surface area contributed by atoms with Gasteiger partial charge in [0.25, 0.3) is 0 Å². The number of rotatable bonds is 4. The van der Waals surface area contributed by atoms with E-state index in [0.29, 0.717) is 17.1 Å². The summed E-state index contributed by atoms with van der Waals surface area (Å²) in [5, 5.41) is 9.14. The smallest absolute Gasteiger partial charge is 0.162 e. The van der Waals surface area contributed by atoms with E-state index < -0.39 is 0 Å². The predicted molar refractivity (Wildman–Crippen MR) is 104 cm³/mol. The first-order chi connectivity index (χ1) is 13.2. The number of hydrogen-bond acceptors (Lipinski definition) is 5. The second-order valence-corrected chi connectivity index (χ2v) is 7.38. The van der Waals surface area contributed by atoms with Gasteiger partial charge in [-0.2, -0.15) is 5.26 Å². The maximum absolute atomic E-state index is 9.14. The molecule has 2 aromatic carbocycles. The number of nitriles is 1. The topological polar surface area (TPSA) is 71.5 Å². The van der Waals surface area contributed by atoms with Gasteiger partial charge in [-0.05, 0) is 49.1 Å². The Balaban J connectivity index is 1.66. The summed E-state index contributed by atoms with van der Waals surface area (Å²) in [6.07, 6.45) is 3.10. The van der Waals surface area contributed by atoms with Gasteiger partial charge < -0.3 is 15.2 Å². The zero-order valence-electron chi connectivity index (χ0n) is 15.6. The van der Waals surface area contributed by atoms with Gasteiger partial charge in [0.2, 0.25) is 0 Å². The molecule has 3 atom stereocenters. The van der Waals surface area contributed by atoms with Gasteiger partial charge in [0.15, 0.2) is 11.5 Å². The van der Waals surface area contributed by atoms with Crippen molar-refractivity contribution in [2.45, 2.75) is 37.5 Å². The lowest BCUT2D eigenvalue weighted by molar-refractivity contribution is 0.0577. The number of nitrogens with zero attached hydrogens (tertiary/aromatic N) is 2. The van der Waals surface area contributed by atoms with Crippen molar-refractivity contribution >= 4 is 0 Å². The monoisotopic (exact) mass is 363 g/mol. The zero-order chi connectivity index (χ0) is 18.8. The lowest BCUT2D eigenvalue weighted by atomic mass is 10.0. The third-order valence-electron chi connectivity index (χ3n) is 5.65. The largest absolute Gasteiger partial charge is 0.493 e. The van der Waals surface area contributed by atoms with Crippen molar-refractivity contribution in [1.82, 2.24) is 4.90 Å². The van der Waals surface area contributed by atoms with Crippen LogP contribution in [0.15, 0.2) is 42.5 Å². The Hall–Kier alpha value is -2.55. The third kappa shape index (κ3) is 3.51. The van der Waals surface area contributed by atoms with Crippen LogP contribution in [0.4, 0.5) is 0 Å². The van der Waals surface area contributed by atoms with Gasteiger partial charge in [-0.1, -0.05) is 24.3 Å². The Morgan fingerprint density at radius 2 is 2.04 bits per heavy atom. The lowest BCUT2D eigenvalue weighted by Crippen LogP contribution is -2.49. The van der Waals surface area contributed by atoms with Crippen molar-refractivity contribution in [3.8, 4) is 17.6 Å². The van der Waals surface area contributed by atoms with Gasteiger partial charge in [0.1, 0.15) is 6.10 Å². The average molecular weight is 363 g/mol. The molecule has 1 fully saturated rings. The van der Waals surface area contributed by atoms with E-state index in [1.54, 1.807) is 19.2 Å². The molecule has 1 saturated heterocycles. The number of hydrogen-bond donors (Lipinski definition) is 1. The zero-order valence-corrected chi connectivity index (χ0v) is 15.6. The molecule has 27 heavy (non-hydrogen) atoms. The van der Waals surface area contributed by atoms with Crippen LogP contribution >= 0.6 is 0 Å². The summed E-state index contributed by atoms with van der Waals surface area (Å²) in [5.74, 6) is 1.26. The van der Waals surface area contributed by atoms with Crippen molar-refractivity contribution in [2.24, 2.45) is 5.73 Å². The minimum atomic E-state index is -0.0756. The number of nitrogens with two attached hydrogens (primary N) is 1. The fourth-order valence-corrected chi connectivity index (χ4v) is 4.31. The molecule has 4 rings (SSSR count). The fraction of sp³-hybridized carbons (Fsp3) is 0.409. The number of benzene rings is 2. The van der Waals surface area contributed by atoms with Gasteiger partial charge in [0, 0.05) is 18.7 Å². The summed E-state index contributed by atoms with van der Waals surface area (Å²) in [6, 6.07) is 16.4. The van der Waals surface area contributed by atoms with E-state index in [0.717, 1.165) is 32.4 Å². The Bertz CT molecular complexity index is 861. The van der Waals surface area contributed by atoms with Gasteiger partial charge in [-0.25, -0.2) is 0 Å². The van der Waals surface area contributed by atoms with E-state index in [1.807, 2.05) is 6.07 Å². The van der Waals surface area contributed by atoms with Crippen molar-refractivity contribution in [1.29, 1.82) is 5.26 Å². The van der Waals surface area contributed by atoms with E-state index >= 15 is 0 Å². The van der Waals surface area contributed by atoms with Gasteiger partial charge in [0.05, 0.1) is 24.8 Å². The predicted octanol–water partition coefficient (Wildman–Crippen LogP) is 3.03. The van der Waals surface area contributed by atoms with Crippen LogP contribution in [-0.2, 0) is 6.42 Å². The summed E-state index contributed by atoms with van der Waals surface area (Å²) in [6.45, 7) is 1.96. The molecular formula is C22H25N3O2. The van der Waals surface area contributed by atoms with E-state index in [2.05, 4.69) is 35.2 Å². The van der Waals surface area contributed by atoms with Crippen molar-refractivity contribution in [3.05, 3.63) is 59.2 Å². The van der Waals surface area contributed by atoms with Crippen LogP contribution in [0.1, 0.15) is 35.6 Å². The standard InChI is InChI=1S/C22H25N3O2/c1-26-21-11-15(13-23)8-9-20(21)27-22-18-7-3-2-5-16(18)12-19(22)25-10-4-6-17(24)14-25/h2-3,5,7-9,11,17,19,22H,4,6,10,12,14,24H2,1H3. The fourth-order valence-electron chi connectivity index (χ4n) is 4.31. The highest BCUT2D eigenvalue weighted by molar-refractivity contribution is 5.48. The molecule has 2 aromatic rings. The molecule has 0 saturated carbocycles. The molecule has 3 unspecified atom stereocenters. The normalized spacial score (nSPS) is 24.9. The third-order valence-corrected chi connectivity index (χ3v) is 5.65. The molecule has 1 heterocycles. The molecule has 2 aliphatic rings. The summed E-state index contributed by atoms with van der Waals surface area (Å²) in [4.78, 5) is 2.48. The summed E-state index contributed by atoms with van der Waals surface area (Å²) < 4.78 is 12.0. The molecule has 0 bridgehead atoms. The second kappa shape index (κ2) is 7.59. The minimum Gasteiger partial charge on any atom is -0.493 e. The number of fused-ring (bicyclic) bond motifs is 1.